The van der Waals surface area contributed by atoms with Gasteiger partial charge in [-0.3, -0.25) is 4.79 Å². The van der Waals surface area contributed by atoms with Crippen LogP contribution in [0.3, 0.4) is 0 Å². The molecule has 22 heavy (non-hydrogen) atoms. The number of likely N-dealkylation sites (tertiary alicyclic amines) is 1. The van der Waals surface area contributed by atoms with E-state index in [0.29, 0.717) is 30.4 Å². The molecule has 1 aromatic carbocycles. The average molecular weight is 321 g/mol. The summed E-state index contributed by atoms with van der Waals surface area (Å²) in [5.74, 6) is 0.821. The lowest BCUT2D eigenvalue weighted by Gasteiger charge is -2.34. The molecule has 6 nitrogen and oxygen atoms in total. The molecule has 1 saturated heterocycles. The van der Waals surface area contributed by atoms with E-state index in [1.807, 2.05) is 11.0 Å². The van der Waals surface area contributed by atoms with Gasteiger partial charge in [-0.15, -0.1) is 4.40 Å². The molecular weight excluding hydrogens is 302 g/mol. The van der Waals surface area contributed by atoms with Crippen molar-refractivity contribution in [2.75, 3.05) is 19.6 Å². The van der Waals surface area contributed by atoms with Crippen LogP contribution in [0.1, 0.15) is 25.3 Å². The maximum Gasteiger partial charge on any atom is 0.285 e. The summed E-state index contributed by atoms with van der Waals surface area (Å²) in [6.07, 6.45) is 1.99. The number of nitrogens with one attached hydrogen (secondary N) is 1. The van der Waals surface area contributed by atoms with Gasteiger partial charge < -0.3 is 10.2 Å². The van der Waals surface area contributed by atoms with Gasteiger partial charge in [0.05, 0.1) is 0 Å². The number of amides is 1. The van der Waals surface area contributed by atoms with Crippen molar-refractivity contribution in [3.63, 3.8) is 0 Å². The van der Waals surface area contributed by atoms with Crippen LogP contribution in [0.4, 0.5) is 0 Å². The van der Waals surface area contributed by atoms with Crippen molar-refractivity contribution in [3.05, 3.63) is 29.8 Å². The van der Waals surface area contributed by atoms with Crippen molar-refractivity contribution in [2.45, 2.75) is 24.7 Å². The number of carbonyl (C=O) groups is 1. The van der Waals surface area contributed by atoms with E-state index in [0.717, 1.165) is 19.4 Å². The highest BCUT2D eigenvalue weighted by Crippen LogP contribution is 2.29. The number of rotatable bonds is 2. The normalized spacial score (nSPS) is 22.9. The third kappa shape index (κ3) is 2.85. The summed E-state index contributed by atoms with van der Waals surface area (Å²) in [5.41, 5.74) is 0.683. The Balaban J connectivity index is 1.81. The van der Waals surface area contributed by atoms with Crippen LogP contribution in [0.15, 0.2) is 33.6 Å². The Bertz CT molecular complexity index is 727. The van der Waals surface area contributed by atoms with E-state index in [-0.39, 0.29) is 10.8 Å². The number of hydrogen-bond acceptors (Lipinski definition) is 4. The van der Waals surface area contributed by atoms with Gasteiger partial charge in [0.25, 0.3) is 10.0 Å². The predicted octanol–water partition coefficient (Wildman–Crippen LogP) is 0.984. The van der Waals surface area contributed by atoms with Gasteiger partial charge in [-0.1, -0.05) is 12.1 Å². The van der Waals surface area contributed by atoms with Crippen LogP contribution in [0.2, 0.25) is 0 Å². The Morgan fingerprint density at radius 3 is 2.95 bits per heavy atom. The number of amidine groups is 1. The van der Waals surface area contributed by atoms with Crippen LogP contribution in [0, 0.1) is 5.92 Å². The molecular formula is C15H19N3O3S. The first kappa shape index (κ1) is 15.0. The minimum atomic E-state index is -3.57. The van der Waals surface area contributed by atoms with Crippen LogP contribution >= 0.6 is 0 Å². The van der Waals surface area contributed by atoms with Gasteiger partial charge in [0.15, 0.2) is 5.84 Å². The summed E-state index contributed by atoms with van der Waals surface area (Å²) in [4.78, 5) is 13.4. The second-order valence-corrected chi connectivity index (χ2v) is 7.35. The van der Waals surface area contributed by atoms with Gasteiger partial charge in [-0.05, 0) is 30.9 Å². The second-order valence-electron chi connectivity index (χ2n) is 5.78. The zero-order valence-corrected chi connectivity index (χ0v) is 13.3. The first-order valence-electron chi connectivity index (χ1n) is 7.41. The largest absolute Gasteiger partial charge is 0.356 e. The molecule has 0 spiro atoms. The number of fused-ring (bicyclic) bond motifs is 1. The summed E-state index contributed by atoms with van der Waals surface area (Å²) in [7, 11) is -3.57. The smallest absolute Gasteiger partial charge is 0.285 e. The van der Waals surface area contributed by atoms with Gasteiger partial charge in [-0.2, -0.15) is 8.42 Å². The maximum absolute atomic E-state index is 12.1. The molecule has 1 unspecified atom stereocenters. The highest BCUT2D eigenvalue weighted by atomic mass is 32.2. The lowest BCUT2D eigenvalue weighted by atomic mass is 9.97. The molecule has 2 aliphatic rings. The van der Waals surface area contributed by atoms with Gasteiger partial charge >= 0.3 is 0 Å². The Kier molecular flexibility index (Phi) is 3.90. The van der Waals surface area contributed by atoms with E-state index in [2.05, 4.69) is 9.71 Å². The van der Waals surface area contributed by atoms with Crippen molar-refractivity contribution in [2.24, 2.45) is 10.3 Å². The van der Waals surface area contributed by atoms with Gasteiger partial charge in [0.2, 0.25) is 5.91 Å². The van der Waals surface area contributed by atoms with Crippen LogP contribution in [-0.4, -0.2) is 44.7 Å². The molecule has 3 rings (SSSR count). The molecule has 1 atom stereocenters. The molecule has 0 radical (unpaired) electrons. The van der Waals surface area contributed by atoms with Crippen molar-refractivity contribution < 1.29 is 13.2 Å². The minimum absolute atomic E-state index is 0.0387. The minimum Gasteiger partial charge on any atom is -0.356 e. The van der Waals surface area contributed by atoms with Gasteiger partial charge in [0, 0.05) is 32.1 Å². The lowest BCUT2D eigenvalue weighted by Crippen LogP contribution is -2.43. The first-order valence-corrected chi connectivity index (χ1v) is 8.85. The third-order valence-corrected chi connectivity index (χ3v) is 5.40. The summed E-state index contributed by atoms with van der Waals surface area (Å²) in [6, 6.07) is 6.94. The highest BCUT2D eigenvalue weighted by Gasteiger charge is 2.33. The number of piperidine rings is 1. The number of hydrogen-bond donors (Lipinski definition) is 1. The van der Waals surface area contributed by atoms with E-state index < -0.39 is 10.0 Å². The number of sulfonamides is 1. The van der Waals surface area contributed by atoms with Crippen molar-refractivity contribution in [3.8, 4) is 0 Å². The number of nitrogens with zero attached hydrogens (tertiary/aromatic N) is 2. The fourth-order valence-electron chi connectivity index (χ4n) is 3.03. The second kappa shape index (κ2) is 5.72. The molecule has 2 heterocycles. The highest BCUT2D eigenvalue weighted by molar-refractivity contribution is 7.90. The molecule has 1 aromatic rings. The molecule has 0 aromatic heterocycles. The summed E-state index contributed by atoms with van der Waals surface area (Å²) in [5, 5.41) is 2.84. The third-order valence-electron chi connectivity index (χ3n) is 4.07. The fourth-order valence-corrected chi connectivity index (χ4v) is 4.26. The van der Waals surface area contributed by atoms with E-state index in [9.17, 15) is 13.2 Å². The topological polar surface area (TPSA) is 78.8 Å². The molecule has 1 N–H and O–H groups in total. The molecule has 0 saturated carbocycles. The SMILES string of the molecule is CC(=O)NCC1CCCN(C2=NS(=O)(=O)c3ccccc32)C1. The lowest BCUT2D eigenvalue weighted by molar-refractivity contribution is -0.119. The number of benzene rings is 1. The Hall–Kier alpha value is -1.89. The Morgan fingerprint density at radius 2 is 2.18 bits per heavy atom. The predicted molar refractivity (Wildman–Crippen MR) is 83.1 cm³/mol. The van der Waals surface area contributed by atoms with E-state index in [4.69, 9.17) is 0 Å². The van der Waals surface area contributed by atoms with Crippen molar-refractivity contribution in [1.29, 1.82) is 0 Å². The Morgan fingerprint density at radius 1 is 1.41 bits per heavy atom. The summed E-state index contributed by atoms with van der Waals surface area (Å²) < 4.78 is 28.2. The Labute approximate surface area is 130 Å². The average Bonchev–Trinajstić information content (AvgIpc) is 2.78. The maximum atomic E-state index is 12.1. The van der Waals surface area contributed by atoms with Gasteiger partial charge in [-0.25, -0.2) is 0 Å². The summed E-state index contributed by atoms with van der Waals surface area (Å²) in [6.45, 7) is 3.63. The monoisotopic (exact) mass is 321 g/mol. The number of carbonyl (C=O) groups excluding carboxylic acids is 1. The van der Waals surface area contributed by atoms with E-state index >= 15 is 0 Å². The van der Waals surface area contributed by atoms with Crippen LogP contribution in [0.25, 0.3) is 0 Å². The van der Waals surface area contributed by atoms with Crippen LogP contribution < -0.4 is 5.32 Å². The zero-order valence-electron chi connectivity index (χ0n) is 12.4. The molecule has 0 bridgehead atoms. The van der Waals surface area contributed by atoms with E-state index in [1.165, 1.54) is 6.92 Å². The quantitative estimate of drug-likeness (QED) is 0.881. The van der Waals surface area contributed by atoms with Crippen molar-refractivity contribution >= 4 is 21.8 Å². The molecule has 0 aliphatic carbocycles. The molecule has 118 valence electrons. The standard InChI is InChI=1S/C15H19N3O3S/c1-11(19)16-9-12-5-4-8-18(10-12)15-13-6-2-3-7-14(13)22(20,21)17-15/h2-3,6-7,12H,4-5,8-10H2,1H3,(H,16,19). The van der Waals surface area contributed by atoms with Crippen LogP contribution in [-0.2, 0) is 14.8 Å². The van der Waals surface area contributed by atoms with E-state index in [1.54, 1.807) is 18.2 Å². The fraction of sp³-hybridized carbons (Fsp3) is 0.467. The zero-order chi connectivity index (χ0) is 15.7. The molecule has 7 heteroatoms. The summed E-state index contributed by atoms with van der Waals surface area (Å²) >= 11 is 0. The molecule has 1 fully saturated rings. The van der Waals surface area contributed by atoms with Crippen molar-refractivity contribution in [1.82, 2.24) is 10.2 Å². The van der Waals surface area contributed by atoms with Gasteiger partial charge in [0.1, 0.15) is 4.90 Å². The first-order chi connectivity index (χ1) is 10.5. The molecule has 1 amide bonds. The molecule has 2 aliphatic heterocycles. The van der Waals surface area contributed by atoms with Crippen LogP contribution in [0.5, 0.6) is 0 Å².